The van der Waals surface area contributed by atoms with Crippen molar-refractivity contribution in [2.45, 2.75) is 33.9 Å². The first-order valence-electron chi connectivity index (χ1n) is 8.90. The van der Waals surface area contributed by atoms with Gasteiger partial charge in [0.2, 0.25) is 0 Å². The average molecular weight is 365 g/mol. The summed E-state index contributed by atoms with van der Waals surface area (Å²) in [6, 6.07) is 11.3. The van der Waals surface area contributed by atoms with Crippen LogP contribution in [0.15, 0.2) is 53.3 Å². The van der Waals surface area contributed by atoms with Crippen molar-refractivity contribution in [3.8, 4) is 5.75 Å². The van der Waals surface area contributed by atoms with Crippen LogP contribution < -0.4 is 4.74 Å². The number of benzene rings is 1. The summed E-state index contributed by atoms with van der Waals surface area (Å²) in [5.74, 6) is 1.10. The monoisotopic (exact) mass is 365 g/mol. The van der Waals surface area contributed by atoms with Gasteiger partial charge >= 0.3 is 0 Å². The first-order valence-corrected chi connectivity index (χ1v) is 8.90. The van der Waals surface area contributed by atoms with Crippen LogP contribution in [0.4, 0.5) is 0 Å². The van der Waals surface area contributed by atoms with E-state index in [1.165, 1.54) is 5.56 Å². The van der Waals surface area contributed by atoms with Gasteiger partial charge in [-0.15, -0.1) is 0 Å². The minimum Gasteiger partial charge on any atom is -0.486 e. The van der Waals surface area contributed by atoms with E-state index in [0.717, 1.165) is 16.9 Å². The number of hydrogen-bond acceptors (Lipinski definition) is 5. The predicted molar refractivity (Wildman–Crippen MR) is 101 cm³/mol. The van der Waals surface area contributed by atoms with E-state index < -0.39 is 0 Å². The van der Waals surface area contributed by atoms with Gasteiger partial charge in [0, 0.05) is 31.5 Å². The van der Waals surface area contributed by atoms with Crippen molar-refractivity contribution in [1.29, 1.82) is 0 Å². The van der Waals surface area contributed by atoms with Crippen LogP contribution >= 0.6 is 0 Å². The lowest BCUT2D eigenvalue weighted by molar-refractivity contribution is 0.0741. The van der Waals surface area contributed by atoms with Crippen molar-refractivity contribution in [2.24, 2.45) is 0 Å². The van der Waals surface area contributed by atoms with Gasteiger partial charge in [0.15, 0.2) is 11.5 Å². The third-order valence-electron chi connectivity index (χ3n) is 4.43. The van der Waals surface area contributed by atoms with E-state index >= 15 is 0 Å². The third kappa shape index (κ3) is 4.73. The molecule has 0 saturated carbocycles. The molecule has 0 fully saturated rings. The van der Waals surface area contributed by atoms with E-state index in [1.54, 1.807) is 23.4 Å². The molecule has 3 aromatic rings. The van der Waals surface area contributed by atoms with Gasteiger partial charge in [0.1, 0.15) is 12.4 Å². The molecular formula is C21H23N3O3. The van der Waals surface area contributed by atoms with Crippen LogP contribution in [0.25, 0.3) is 0 Å². The number of hydrogen-bond donors (Lipinski definition) is 0. The summed E-state index contributed by atoms with van der Waals surface area (Å²) in [5, 5.41) is 3.91. The van der Waals surface area contributed by atoms with E-state index in [-0.39, 0.29) is 18.2 Å². The van der Waals surface area contributed by atoms with Gasteiger partial charge in [-0.3, -0.25) is 9.78 Å². The van der Waals surface area contributed by atoms with Crippen LogP contribution in [-0.4, -0.2) is 27.5 Å². The lowest BCUT2D eigenvalue weighted by Gasteiger charge is -2.19. The fourth-order valence-corrected chi connectivity index (χ4v) is 2.64. The Labute approximate surface area is 158 Å². The summed E-state index contributed by atoms with van der Waals surface area (Å²) in [4.78, 5) is 18.4. The van der Waals surface area contributed by atoms with Gasteiger partial charge in [-0.05, 0) is 61.7 Å². The lowest BCUT2D eigenvalue weighted by Crippen LogP contribution is -2.30. The number of aryl methyl sites for hydroxylation is 2. The molecule has 2 heterocycles. The highest BCUT2D eigenvalue weighted by molar-refractivity contribution is 5.92. The van der Waals surface area contributed by atoms with E-state index in [0.29, 0.717) is 18.8 Å². The summed E-state index contributed by atoms with van der Waals surface area (Å²) in [6.45, 7) is 7.32. The van der Waals surface area contributed by atoms with Crippen LogP contribution in [0, 0.1) is 13.8 Å². The Kier molecular flexibility index (Phi) is 5.86. The molecule has 2 aromatic heterocycles. The molecule has 1 aromatic carbocycles. The highest BCUT2D eigenvalue weighted by Crippen LogP contribution is 2.18. The molecule has 0 aliphatic heterocycles. The van der Waals surface area contributed by atoms with E-state index in [2.05, 4.69) is 17.1 Å². The fourth-order valence-electron chi connectivity index (χ4n) is 2.64. The molecule has 0 radical (unpaired) electrons. The van der Waals surface area contributed by atoms with Gasteiger partial charge in [-0.2, -0.15) is 0 Å². The molecule has 6 nitrogen and oxygen atoms in total. The Hall–Kier alpha value is -3.15. The zero-order chi connectivity index (χ0) is 19.2. The van der Waals surface area contributed by atoms with Crippen LogP contribution in [0.5, 0.6) is 5.75 Å². The van der Waals surface area contributed by atoms with Gasteiger partial charge in [0.05, 0.1) is 0 Å². The molecule has 0 atom stereocenters. The normalized spacial score (nSPS) is 10.6. The average Bonchev–Trinajstić information content (AvgIpc) is 3.16. The molecule has 0 spiro atoms. The molecule has 6 heteroatoms. The topological polar surface area (TPSA) is 68.5 Å². The Morgan fingerprint density at radius 1 is 1.11 bits per heavy atom. The Morgan fingerprint density at radius 2 is 1.89 bits per heavy atom. The first kappa shape index (κ1) is 18.6. The highest BCUT2D eigenvalue weighted by atomic mass is 16.5. The van der Waals surface area contributed by atoms with Crippen molar-refractivity contribution >= 4 is 5.91 Å². The number of carbonyl (C=O) groups is 1. The number of rotatable bonds is 7. The number of pyridine rings is 1. The minimum absolute atomic E-state index is 0.171. The van der Waals surface area contributed by atoms with Crippen LogP contribution in [0.1, 0.15) is 39.9 Å². The highest BCUT2D eigenvalue weighted by Gasteiger charge is 2.19. The maximum absolute atomic E-state index is 12.7. The van der Waals surface area contributed by atoms with Crippen LogP contribution in [-0.2, 0) is 13.2 Å². The van der Waals surface area contributed by atoms with E-state index in [4.69, 9.17) is 9.26 Å². The largest absolute Gasteiger partial charge is 0.486 e. The lowest BCUT2D eigenvalue weighted by atomic mass is 10.1. The summed E-state index contributed by atoms with van der Waals surface area (Å²) in [5.41, 5.74) is 3.67. The van der Waals surface area contributed by atoms with Gasteiger partial charge in [0.25, 0.3) is 5.91 Å². The number of aromatic nitrogens is 2. The van der Waals surface area contributed by atoms with Crippen molar-refractivity contribution in [2.75, 3.05) is 6.54 Å². The number of carbonyl (C=O) groups excluding carboxylic acids is 1. The summed E-state index contributed by atoms with van der Waals surface area (Å²) in [6.07, 6.45) is 3.43. The van der Waals surface area contributed by atoms with Crippen molar-refractivity contribution < 1.29 is 14.1 Å². The second-order valence-corrected chi connectivity index (χ2v) is 6.39. The second-order valence-electron chi connectivity index (χ2n) is 6.39. The van der Waals surface area contributed by atoms with Gasteiger partial charge in [-0.25, -0.2) is 0 Å². The molecule has 0 unspecified atom stereocenters. The summed E-state index contributed by atoms with van der Waals surface area (Å²) in [7, 11) is 0. The maximum atomic E-state index is 12.7. The van der Waals surface area contributed by atoms with Crippen molar-refractivity contribution in [3.05, 3.63) is 76.9 Å². The number of amides is 1. The Balaban J connectivity index is 1.63. The van der Waals surface area contributed by atoms with E-state index in [1.807, 2.05) is 44.2 Å². The molecule has 0 N–H and O–H groups in total. The van der Waals surface area contributed by atoms with Gasteiger partial charge in [-0.1, -0.05) is 11.2 Å². The van der Waals surface area contributed by atoms with Crippen molar-refractivity contribution in [1.82, 2.24) is 15.0 Å². The zero-order valence-electron chi connectivity index (χ0n) is 15.8. The molecule has 27 heavy (non-hydrogen) atoms. The summed E-state index contributed by atoms with van der Waals surface area (Å²) < 4.78 is 11.0. The quantitative estimate of drug-likeness (QED) is 0.635. The SMILES string of the molecule is CCN(Cc1ccncc1)C(=O)c1cc(COc2ccc(C)c(C)c2)on1. The van der Waals surface area contributed by atoms with Gasteiger partial charge < -0.3 is 14.2 Å². The smallest absolute Gasteiger partial charge is 0.276 e. The Bertz CT molecular complexity index is 906. The molecule has 0 bridgehead atoms. The third-order valence-corrected chi connectivity index (χ3v) is 4.43. The number of ether oxygens (including phenoxy) is 1. The fraction of sp³-hybridized carbons (Fsp3) is 0.286. The first-order chi connectivity index (χ1) is 13.1. The maximum Gasteiger partial charge on any atom is 0.276 e. The minimum atomic E-state index is -0.171. The van der Waals surface area contributed by atoms with Crippen LogP contribution in [0.2, 0.25) is 0 Å². The standard InChI is InChI=1S/C21H23N3O3/c1-4-24(13-17-7-9-22-10-8-17)21(25)20-12-19(27-23-20)14-26-18-6-5-15(2)16(3)11-18/h5-12H,4,13-14H2,1-3H3. The molecule has 140 valence electrons. The zero-order valence-corrected chi connectivity index (χ0v) is 15.8. The predicted octanol–water partition coefficient (Wildman–Crippen LogP) is 3.93. The number of nitrogens with zero attached hydrogens (tertiary/aromatic N) is 3. The Morgan fingerprint density at radius 3 is 2.59 bits per heavy atom. The molecule has 0 aliphatic carbocycles. The second kappa shape index (κ2) is 8.49. The summed E-state index contributed by atoms with van der Waals surface area (Å²) >= 11 is 0. The molecule has 3 rings (SSSR count). The molecule has 1 amide bonds. The molecular weight excluding hydrogens is 342 g/mol. The van der Waals surface area contributed by atoms with E-state index in [9.17, 15) is 4.79 Å². The van der Waals surface area contributed by atoms with Crippen LogP contribution in [0.3, 0.4) is 0 Å². The van der Waals surface area contributed by atoms with Crippen molar-refractivity contribution in [3.63, 3.8) is 0 Å². The molecule has 0 saturated heterocycles. The molecule has 0 aliphatic rings.